The molecular weight excluding hydrogens is 550 g/mol. The van der Waals surface area contributed by atoms with Crippen LogP contribution in [0.2, 0.25) is 0 Å². The van der Waals surface area contributed by atoms with Gasteiger partial charge in [-0.3, -0.25) is 14.2 Å². The molecule has 0 saturated heterocycles. The summed E-state index contributed by atoms with van der Waals surface area (Å²) < 4.78 is 134. The van der Waals surface area contributed by atoms with Crippen LogP contribution in [0, 0.1) is 13.8 Å². The summed E-state index contributed by atoms with van der Waals surface area (Å²) in [6.07, 6.45) is -6.83. The average molecular weight is 577 g/mol. The minimum absolute atomic E-state index is 0.105. The molecule has 0 aliphatic rings. The maximum absolute atomic E-state index is 13.7. The summed E-state index contributed by atoms with van der Waals surface area (Å²) in [6.45, 7) is -0.574. The number of halogens is 6. The summed E-state index contributed by atoms with van der Waals surface area (Å²) in [6, 6.07) is 0.222. The van der Waals surface area contributed by atoms with E-state index in [4.69, 9.17) is 15.0 Å². The molecule has 3 aromatic heterocycles. The molecule has 0 saturated carbocycles. The molecule has 4 rings (SSSR count). The summed E-state index contributed by atoms with van der Waals surface area (Å²) in [7, 11) is -2.13. The SMILES string of the molecule is [2H]c1c([2H])c([2H])c2c(nc(S(=O)Cc3nccc(OCC(F)(F)F)c3C)n2Cc2nccc(OCC(F)(F)F)c2C)c1[2H]. The van der Waals surface area contributed by atoms with Crippen LogP contribution in [0.3, 0.4) is 0 Å². The highest BCUT2D eigenvalue weighted by atomic mass is 32.2. The molecule has 1 atom stereocenters. The molecule has 0 radical (unpaired) electrons. The molecule has 0 fully saturated rings. The van der Waals surface area contributed by atoms with E-state index in [-0.39, 0.29) is 62.5 Å². The minimum Gasteiger partial charge on any atom is -0.484 e. The van der Waals surface area contributed by atoms with Crippen LogP contribution in [0.4, 0.5) is 26.3 Å². The Morgan fingerprint density at radius 1 is 0.897 bits per heavy atom. The fourth-order valence-corrected chi connectivity index (χ4v) is 4.80. The summed E-state index contributed by atoms with van der Waals surface area (Å²) in [5, 5.41) is -0.243. The second-order valence-electron chi connectivity index (χ2n) is 8.24. The third-order valence-corrected chi connectivity index (χ3v) is 6.69. The van der Waals surface area contributed by atoms with Crippen molar-refractivity contribution in [3.05, 3.63) is 71.2 Å². The van der Waals surface area contributed by atoms with Crippen molar-refractivity contribution in [2.45, 2.75) is 43.7 Å². The van der Waals surface area contributed by atoms with Gasteiger partial charge in [-0.15, -0.1) is 0 Å². The minimum atomic E-state index is -4.61. The van der Waals surface area contributed by atoms with Gasteiger partial charge in [0.25, 0.3) is 0 Å². The molecule has 0 aliphatic carbocycles. The van der Waals surface area contributed by atoms with Crippen molar-refractivity contribution in [1.29, 1.82) is 0 Å². The van der Waals surface area contributed by atoms with Crippen LogP contribution in [-0.4, -0.2) is 49.3 Å². The molecule has 3 heterocycles. The van der Waals surface area contributed by atoms with Crippen molar-refractivity contribution >= 4 is 21.8 Å². The molecule has 14 heteroatoms. The zero-order chi connectivity index (χ0) is 31.9. The van der Waals surface area contributed by atoms with Crippen LogP contribution in [0.15, 0.2) is 53.9 Å². The smallest absolute Gasteiger partial charge is 0.422 e. The standard InChI is InChI=1S/C25H22F6N4O3S/c1-15-18(32-9-7-21(15)37-13-24(26,27)28)11-35-20-6-4-3-5-17(20)34-23(35)39(36)12-19-16(2)22(8-10-33-19)38-14-25(29,30)31/h3-10H,11-14H2,1-2H3/i3D,4D,5D,6D. The molecule has 0 N–H and O–H groups in total. The molecular formula is C25H22F6N4O3S. The Balaban J connectivity index is 1.79. The number of para-hydroxylation sites is 2. The van der Waals surface area contributed by atoms with Crippen molar-refractivity contribution in [3.8, 4) is 11.5 Å². The van der Waals surface area contributed by atoms with Gasteiger partial charge in [-0.05, 0) is 38.1 Å². The fraction of sp³-hybridized carbons (Fsp3) is 0.320. The summed E-state index contributed by atoms with van der Waals surface area (Å²) in [4.78, 5) is 12.5. The van der Waals surface area contributed by atoms with Crippen LogP contribution in [0.1, 0.15) is 28.0 Å². The van der Waals surface area contributed by atoms with E-state index in [1.807, 2.05) is 0 Å². The van der Waals surface area contributed by atoms with Crippen LogP contribution in [-0.2, 0) is 23.1 Å². The maximum Gasteiger partial charge on any atom is 0.422 e. The summed E-state index contributed by atoms with van der Waals surface area (Å²) in [5.41, 5.74) is 0.263. The lowest BCUT2D eigenvalue weighted by Gasteiger charge is -2.15. The van der Waals surface area contributed by atoms with Gasteiger partial charge in [0.2, 0.25) is 5.16 Å². The number of rotatable bonds is 9. The lowest BCUT2D eigenvalue weighted by Crippen LogP contribution is -2.20. The number of alkyl halides is 6. The quantitative estimate of drug-likeness (QED) is 0.239. The number of benzene rings is 1. The van der Waals surface area contributed by atoms with Gasteiger partial charge in [-0.25, -0.2) is 4.98 Å². The maximum atomic E-state index is 13.7. The Hall–Kier alpha value is -3.68. The highest BCUT2D eigenvalue weighted by molar-refractivity contribution is 7.84. The van der Waals surface area contributed by atoms with Crippen molar-refractivity contribution in [2.75, 3.05) is 13.2 Å². The van der Waals surface area contributed by atoms with E-state index < -0.39 is 60.5 Å². The van der Waals surface area contributed by atoms with E-state index >= 15 is 0 Å². The molecule has 0 spiro atoms. The fourth-order valence-electron chi connectivity index (χ4n) is 3.54. The third-order valence-electron chi connectivity index (χ3n) is 5.44. The van der Waals surface area contributed by atoms with Crippen LogP contribution < -0.4 is 9.47 Å². The molecule has 208 valence electrons. The first-order valence-electron chi connectivity index (χ1n) is 13.1. The molecule has 4 aromatic rings. The highest BCUT2D eigenvalue weighted by Gasteiger charge is 2.30. The Morgan fingerprint density at radius 2 is 1.44 bits per heavy atom. The number of pyridine rings is 2. The number of fused-ring (bicyclic) bond motifs is 1. The normalized spacial score (nSPS) is 14.5. The van der Waals surface area contributed by atoms with Gasteiger partial charge >= 0.3 is 12.4 Å². The van der Waals surface area contributed by atoms with Gasteiger partial charge < -0.3 is 14.0 Å². The first kappa shape index (κ1) is 23.2. The Labute approximate surface area is 226 Å². The van der Waals surface area contributed by atoms with E-state index in [2.05, 4.69) is 15.0 Å². The first-order valence-corrected chi connectivity index (χ1v) is 12.4. The van der Waals surface area contributed by atoms with Crippen LogP contribution in [0.5, 0.6) is 11.5 Å². The van der Waals surface area contributed by atoms with Gasteiger partial charge in [0.1, 0.15) is 11.5 Å². The Bertz CT molecular complexity index is 1720. The van der Waals surface area contributed by atoms with E-state index in [9.17, 15) is 30.6 Å². The number of ether oxygens (including phenoxy) is 2. The number of hydrogen-bond acceptors (Lipinski definition) is 6. The van der Waals surface area contributed by atoms with Crippen molar-refractivity contribution in [1.82, 2.24) is 19.5 Å². The summed E-state index contributed by atoms with van der Waals surface area (Å²) >= 11 is 0. The molecule has 7 nitrogen and oxygen atoms in total. The van der Waals surface area contributed by atoms with E-state index in [0.29, 0.717) is 0 Å². The lowest BCUT2D eigenvalue weighted by atomic mass is 10.2. The summed E-state index contributed by atoms with van der Waals surface area (Å²) in [5.74, 6) is -0.656. The average Bonchev–Trinajstić information content (AvgIpc) is 3.30. The largest absolute Gasteiger partial charge is 0.484 e. The Morgan fingerprint density at radius 3 is 2.03 bits per heavy atom. The molecule has 1 unspecified atom stereocenters. The molecule has 0 bridgehead atoms. The second kappa shape index (κ2) is 11.2. The van der Waals surface area contributed by atoms with Gasteiger partial charge in [-0.1, -0.05) is 12.1 Å². The van der Waals surface area contributed by atoms with Gasteiger partial charge in [0, 0.05) is 23.5 Å². The van der Waals surface area contributed by atoms with Crippen molar-refractivity contribution < 1.29 is 45.5 Å². The highest BCUT2D eigenvalue weighted by Crippen LogP contribution is 2.28. The number of aromatic nitrogens is 4. The zero-order valence-corrected chi connectivity index (χ0v) is 21.1. The zero-order valence-electron chi connectivity index (χ0n) is 24.3. The predicted molar refractivity (Wildman–Crippen MR) is 130 cm³/mol. The number of nitrogens with zero attached hydrogens (tertiary/aromatic N) is 4. The Kier molecular flexibility index (Phi) is 6.67. The first-order chi connectivity index (χ1) is 20.0. The molecule has 0 amide bonds. The van der Waals surface area contributed by atoms with Crippen molar-refractivity contribution in [2.24, 2.45) is 0 Å². The number of imidazole rings is 1. The second-order valence-corrected chi connectivity index (χ2v) is 9.58. The monoisotopic (exact) mass is 576 g/mol. The third kappa shape index (κ3) is 7.05. The number of hydrogen-bond donors (Lipinski definition) is 0. The van der Waals surface area contributed by atoms with Gasteiger partial charge in [0.15, 0.2) is 13.2 Å². The van der Waals surface area contributed by atoms with Crippen LogP contribution in [0.25, 0.3) is 11.0 Å². The lowest BCUT2D eigenvalue weighted by molar-refractivity contribution is -0.154. The topological polar surface area (TPSA) is 79.1 Å². The molecule has 1 aromatic carbocycles. The van der Waals surface area contributed by atoms with E-state index in [1.165, 1.54) is 42.9 Å². The predicted octanol–water partition coefficient (Wildman–Crippen LogP) is 5.68. The van der Waals surface area contributed by atoms with E-state index in [1.54, 1.807) is 0 Å². The van der Waals surface area contributed by atoms with E-state index in [0.717, 1.165) is 0 Å². The van der Waals surface area contributed by atoms with Crippen molar-refractivity contribution in [3.63, 3.8) is 0 Å². The van der Waals surface area contributed by atoms with Gasteiger partial charge in [0.05, 0.1) is 51.0 Å². The van der Waals surface area contributed by atoms with Crippen LogP contribution >= 0.6 is 0 Å². The van der Waals surface area contributed by atoms with Gasteiger partial charge in [-0.2, -0.15) is 26.3 Å². The molecule has 39 heavy (non-hydrogen) atoms. The molecule has 0 aliphatic heterocycles.